The average molecular weight is 329 g/mol. The highest BCUT2D eigenvalue weighted by atomic mass is 35.5. The van der Waals surface area contributed by atoms with Gasteiger partial charge in [-0.1, -0.05) is 43.0 Å². The molecular weight excluding hydrogens is 307 g/mol. The number of ether oxygens (including phenoxy) is 1. The van der Waals surface area contributed by atoms with Gasteiger partial charge in [-0.25, -0.2) is 0 Å². The maximum atomic E-state index is 11.6. The van der Waals surface area contributed by atoms with Gasteiger partial charge in [0.1, 0.15) is 5.38 Å². The SMILES string of the molecule is CCOC(=O)C(Cl)Cc1ccc(C2CCCCC2)c(Cl)c1. The first-order chi connectivity index (χ1) is 10.1. The van der Waals surface area contributed by atoms with Crippen LogP contribution in [-0.4, -0.2) is 18.0 Å². The van der Waals surface area contributed by atoms with E-state index in [9.17, 15) is 4.79 Å². The van der Waals surface area contributed by atoms with Gasteiger partial charge < -0.3 is 4.74 Å². The van der Waals surface area contributed by atoms with E-state index in [-0.39, 0.29) is 5.97 Å². The van der Waals surface area contributed by atoms with Crippen molar-refractivity contribution in [1.82, 2.24) is 0 Å². The number of esters is 1. The van der Waals surface area contributed by atoms with Gasteiger partial charge in [-0.3, -0.25) is 4.79 Å². The summed E-state index contributed by atoms with van der Waals surface area (Å²) in [5.41, 5.74) is 2.22. The van der Waals surface area contributed by atoms with Crippen LogP contribution in [0.25, 0.3) is 0 Å². The van der Waals surface area contributed by atoms with Crippen molar-refractivity contribution in [3.63, 3.8) is 0 Å². The van der Waals surface area contributed by atoms with Gasteiger partial charge in [0, 0.05) is 5.02 Å². The Morgan fingerprint density at radius 3 is 2.67 bits per heavy atom. The Kier molecular flexibility index (Phi) is 6.38. The molecule has 1 saturated carbocycles. The van der Waals surface area contributed by atoms with Crippen LogP contribution >= 0.6 is 23.2 Å². The van der Waals surface area contributed by atoms with E-state index in [4.69, 9.17) is 27.9 Å². The molecule has 1 unspecified atom stereocenters. The van der Waals surface area contributed by atoms with E-state index in [2.05, 4.69) is 6.07 Å². The molecular formula is C17H22Cl2O2. The normalized spacial score (nSPS) is 17.5. The second-order valence-corrected chi connectivity index (χ2v) is 6.55. The highest BCUT2D eigenvalue weighted by molar-refractivity contribution is 6.31. The van der Waals surface area contributed by atoms with Gasteiger partial charge in [0.15, 0.2) is 0 Å². The van der Waals surface area contributed by atoms with E-state index in [1.807, 2.05) is 12.1 Å². The quantitative estimate of drug-likeness (QED) is 0.555. The molecule has 4 heteroatoms. The molecule has 1 aliphatic rings. The second kappa shape index (κ2) is 8.05. The number of alkyl halides is 1. The maximum absolute atomic E-state index is 11.6. The molecule has 0 aliphatic heterocycles. The first kappa shape index (κ1) is 16.6. The Labute approximate surface area is 136 Å². The van der Waals surface area contributed by atoms with Crippen LogP contribution in [0.3, 0.4) is 0 Å². The molecule has 0 spiro atoms. The van der Waals surface area contributed by atoms with E-state index in [1.165, 1.54) is 37.7 Å². The molecule has 0 bridgehead atoms. The van der Waals surface area contributed by atoms with E-state index < -0.39 is 5.38 Å². The fraction of sp³-hybridized carbons (Fsp3) is 0.588. The van der Waals surface area contributed by atoms with Crippen LogP contribution in [0.2, 0.25) is 5.02 Å². The molecule has 1 fully saturated rings. The Morgan fingerprint density at radius 1 is 1.33 bits per heavy atom. The highest BCUT2D eigenvalue weighted by Gasteiger charge is 2.20. The van der Waals surface area contributed by atoms with E-state index in [1.54, 1.807) is 6.92 Å². The zero-order chi connectivity index (χ0) is 15.2. The van der Waals surface area contributed by atoms with Crippen LogP contribution in [0.5, 0.6) is 0 Å². The number of hydrogen-bond acceptors (Lipinski definition) is 2. The maximum Gasteiger partial charge on any atom is 0.324 e. The van der Waals surface area contributed by atoms with E-state index in [0.29, 0.717) is 18.9 Å². The average Bonchev–Trinajstić information content (AvgIpc) is 2.48. The van der Waals surface area contributed by atoms with Crippen molar-refractivity contribution in [1.29, 1.82) is 0 Å². The summed E-state index contributed by atoms with van der Waals surface area (Å²) in [6.45, 7) is 2.13. The summed E-state index contributed by atoms with van der Waals surface area (Å²) in [7, 11) is 0. The molecule has 0 heterocycles. The predicted octanol–water partition coefficient (Wildman–Crippen LogP) is 5.10. The Hall–Kier alpha value is -0.730. The molecule has 116 valence electrons. The first-order valence-electron chi connectivity index (χ1n) is 7.70. The van der Waals surface area contributed by atoms with Crippen molar-refractivity contribution in [2.24, 2.45) is 0 Å². The van der Waals surface area contributed by atoms with Crippen LogP contribution in [0.1, 0.15) is 56.1 Å². The minimum Gasteiger partial charge on any atom is -0.465 e. The van der Waals surface area contributed by atoms with Crippen molar-refractivity contribution in [3.8, 4) is 0 Å². The van der Waals surface area contributed by atoms with Crippen LogP contribution in [0.4, 0.5) is 0 Å². The van der Waals surface area contributed by atoms with Crippen molar-refractivity contribution in [2.45, 2.75) is 56.7 Å². The minimum atomic E-state index is -0.651. The van der Waals surface area contributed by atoms with Crippen LogP contribution in [0.15, 0.2) is 18.2 Å². The lowest BCUT2D eigenvalue weighted by Crippen LogP contribution is -2.20. The molecule has 0 saturated heterocycles. The molecule has 21 heavy (non-hydrogen) atoms. The van der Waals surface area contributed by atoms with Gasteiger partial charge in [0.25, 0.3) is 0 Å². The van der Waals surface area contributed by atoms with Crippen molar-refractivity contribution in [3.05, 3.63) is 34.3 Å². The number of benzene rings is 1. The first-order valence-corrected chi connectivity index (χ1v) is 8.52. The summed E-state index contributed by atoms with van der Waals surface area (Å²) in [6.07, 6.45) is 6.80. The molecule has 1 aromatic rings. The number of rotatable bonds is 5. The number of carbonyl (C=O) groups is 1. The van der Waals surface area contributed by atoms with E-state index >= 15 is 0 Å². The third-order valence-electron chi connectivity index (χ3n) is 4.07. The Balaban J connectivity index is 2.03. The van der Waals surface area contributed by atoms with E-state index in [0.717, 1.165) is 10.6 Å². The molecule has 1 aliphatic carbocycles. The van der Waals surface area contributed by atoms with Gasteiger partial charge >= 0.3 is 5.97 Å². The summed E-state index contributed by atoms with van der Waals surface area (Å²) in [5.74, 6) is 0.212. The number of halogens is 2. The zero-order valence-electron chi connectivity index (χ0n) is 12.4. The molecule has 2 nitrogen and oxygen atoms in total. The monoisotopic (exact) mass is 328 g/mol. The third-order valence-corrected chi connectivity index (χ3v) is 4.73. The topological polar surface area (TPSA) is 26.3 Å². The third kappa shape index (κ3) is 4.62. The van der Waals surface area contributed by atoms with Crippen molar-refractivity contribution >= 4 is 29.2 Å². The summed E-state index contributed by atoms with van der Waals surface area (Å²) in [4.78, 5) is 11.6. The van der Waals surface area contributed by atoms with Gasteiger partial charge in [-0.05, 0) is 49.3 Å². The Bertz CT molecular complexity index is 482. The van der Waals surface area contributed by atoms with Gasteiger partial charge in [-0.15, -0.1) is 11.6 Å². The smallest absolute Gasteiger partial charge is 0.324 e. The molecule has 0 aromatic heterocycles. The second-order valence-electron chi connectivity index (χ2n) is 5.61. The molecule has 1 aromatic carbocycles. The number of hydrogen-bond donors (Lipinski definition) is 0. The lowest BCUT2D eigenvalue weighted by Gasteiger charge is -2.23. The van der Waals surface area contributed by atoms with Crippen molar-refractivity contribution < 1.29 is 9.53 Å². The fourth-order valence-electron chi connectivity index (χ4n) is 2.97. The largest absolute Gasteiger partial charge is 0.465 e. The van der Waals surface area contributed by atoms with Crippen molar-refractivity contribution in [2.75, 3.05) is 6.61 Å². The lowest BCUT2D eigenvalue weighted by molar-refractivity contribution is -0.142. The standard InChI is InChI=1S/C17H22Cl2O2/c1-2-21-17(20)16(19)11-12-8-9-14(15(18)10-12)13-6-4-3-5-7-13/h8-10,13,16H,2-7,11H2,1H3. The summed E-state index contributed by atoms with van der Waals surface area (Å²) >= 11 is 12.5. The number of carbonyl (C=O) groups excluding carboxylic acids is 1. The molecule has 1 atom stereocenters. The molecule has 0 amide bonds. The van der Waals surface area contributed by atoms with Crippen LogP contribution in [-0.2, 0) is 16.0 Å². The fourth-order valence-corrected chi connectivity index (χ4v) is 3.56. The molecule has 0 radical (unpaired) electrons. The summed E-state index contributed by atoms with van der Waals surface area (Å²) < 4.78 is 4.92. The van der Waals surface area contributed by atoms with Gasteiger partial charge in [0.05, 0.1) is 6.61 Å². The zero-order valence-corrected chi connectivity index (χ0v) is 13.9. The summed E-state index contributed by atoms with van der Waals surface area (Å²) in [6, 6.07) is 6.08. The van der Waals surface area contributed by atoms with Gasteiger partial charge in [0.2, 0.25) is 0 Å². The van der Waals surface area contributed by atoms with Gasteiger partial charge in [-0.2, -0.15) is 0 Å². The highest BCUT2D eigenvalue weighted by Crippen LogP contribution is 2.36. The lowest BCUT2D eigenvalue weighted by atomic mass is 9.84. The summed E-state index contributed by atoms with van der Waals surface area (Å²) in [5, 5.41) is 0.147. The van der Waals surface area contributed by atoms with Crippen LogP contribution < -0.4 is 0 Å². The Morgan fingerprint density at radius 2 is 2.05 bits per heavy atom. The van der Waals surface area contributed by atoms with Crippen LogP contribution in [0, 0.1) is 0 Å². The molecule has 0 N–H and O–H groups in total. The predicted molar refractivity (Wildman–Crippen MR) is 87.3 cm³/mol. The molecule has 2 rings (SSSR count). The minimum absolute atomic E-state index is 0.351.